The van der Waals surface area contributed by atoms with Crippen LogP contribution < -0.4 is 10.1 Å². The Kier molecular flexibility index (Phi) is 5.57. The van der Waals surface area contributed by atoms with Crippen molar-refractivity contribution < 1.29 is 9.84 Å². The third kappa shape index (κ3) is 3.93. The van der Waals surface area contributed by atoms with Crippen molar-refractivity contribution in [3.63, 3.8) is 0 Å². The SMILES string of the molecule is COc1cc(C(C)Nc2c(Br)cc(Br)cc2Br)ccc1O. The molecule has 0 aromatic heterocycles. The molecule has 0 bridgehead atoms. The second-order valence-corrected chi connectivity index (χ2v) is 7.17. The maximum Gasteiger partial charge on any atom is 0.160 e. The van der Waals surface area contributed by atoms with Crippen LogP contribution in [0.4, 0.5) is 5.69 Å². The average Bonchev–Trinajstić information content (AvgIpc) is 2.43. The van der Waals surface area contributed by atoms with Gasteiger partial charge in [-0.15, -0.1) is 0 Å². The molecule has 1 atom stereocenters. The molecule has 0 radical (unpaired) electrons. The van der Waals surface area contributed by atoms with Gasteiger partial charge in [-0.05, 0) is 68.6 Å². The number of methoxy groups -OCH3 is 1. The second-order valence-electron chi connectivity index (χ2n) is 4.54. The number of aromatic hydroxyl groups is 1. The number of nitrogens with one attached hydrogen (secondary N) is 1. The number of anilines is 1. The third-order valence-corrected chi connectivity index (χ3v) is 4.78. The van der Waals surface area contributed by atoms with Crippen LogP contribution in [0.25, 0.3) is 0 Å². The van der Waals surface area contributed by atoms with Crippen LogP contribution in [0.1, 0.15) is 18.5 Å². The van der Waals surface area contributed by atoms with Crippen LogP contribution in [0.5, 0.6) is 11.5 Å². The fraction of sp³-hybridized carbons (Fsp3) is 0.200. The summed E-state index contributed by atoms with van der Waals surface area (Å²) in [7, 11) is 1.54. The van der Waals surface area contributed by atoms with Crippen molar-refractivity contribution in [3.8, 4) is 11.5 Å². The minimum absolute atomic E-state index is 0.0493. The van der Waals surface area contributed by atoms with Crippen LogP contribution in [0.3, 0.4) is 0 Å². The van der Waals surface area contributed by atoms with E-state index in [4.69, 9.17) is 4.74 Å². The van der Waals surface area contributed by atoms with Gasteiger partial charge in [0.15, 0.2) is 11.5 Å². The van der Waals surface area contributed by atoms with Crippen LogP contribution >= 0.6 is 47.8 Å². The van der Waals surface area contributed by atoms with Gasteiger partial charge >= 0.3 is 0 Å². The molecule has 0 amide bonds. The molecule has 0 heterocycles. The Balaban J connectivity index is 2.28. The van der Waals surface area contributed by atoms with Crippen LogP contribution in [0.15, 0.2) is 43.7 Å². The number of halogens is 3. The zero-order valence-corrected chi connectivity index (χ0v) is 16.2. The van der Waals surface area contributed by atoms with Gasteiger partial charge < -0.3 is 15.2 Å². The minimum atomic E-state index is 0.0493. The van der Waals surface area contributed by atoms with Crippen molar-refractivity contribution in [3.05, 3.63) is 49.3 Å². The zero-order chi connectivity index (χ0) is 15.6. The summed E-state index contributed by atoms with van der Waals surface area (Å²) in [6.45, 7) is 2.05. The Morgan fingerprint density at radius 3 is 2.29 bits per heavy atom. The molecular formula is C15H14Br3NO2. The molecule has 2 N–H and O–H groups in total. The molecule has 21 heavy (non-hydrogen) atoms. The summed E-state index contributed by atoms with van der Waals surface area (Å²) in [5.41, 5.74) is 1.99. The normalized spacial score (nSPS) is 12.0. The molecule has 112 valence electrons. The van der Waals surface area contributed by atoms with Gasteiger partial charge in [0.2, 0.25) is 0 Å². The van der Waals surface area contributed by atoms with E-state index in [2.05, 4.69) is 53.1 Å². The van der Waals surface area contributed by atoms with Gasteiger partial charge in [-0.3, -0.25) is 0 Å². The largest absolute Gasteiger partial charge is 0.504 e. The number of hydrogen-bond acceptors (Lipinski definition) is 3. The predicted octanol–water partition coefficient (Wildman–Crippen LogP) is 5.86. The number of rotatable bonds is 4. The van der Waals surface area contributed by atoms with E-state index in [-0.39, 0.29) is 11.8 Å². The molecule has 2 rings (SSSR count). The van der Waals surface area contributed by atoms with Crippen molar-refractivity contribution in [1.82, 2.24) is 0 Å². The highest BCUT2D eigenvalue weighted by molar-refractivity contribution is 9.11. The van der Waals surface area contributed by atoms with Crippen molar-refractivity contribution in [1.29, 1.82) is 0 Å². The summed E-state index contributed by atoms with van der Waals surface area (Å²) in [5, 5.41) is 13.1. The highest BCUT2D eigenvalue weighted by Crippen LogP contribution is 2.37. The fourth-order valence-electron chi connectivity index (χ4n) is 1.94. The fourth-order valence-corrected chi connectivity index (χ4v) is 4.43. The Hall–Kier alpha value is -0.720. The molecular weight excluding hydrogens is 466 g/mol. The molecule has 2 aromatic carbocycles. The minimum Gasteiger partial charge on any atom is -0.504 e. The van der Waals surface area contributed by atoms with Gasteiger partial charge in [0, 0.05) is 19.5 Å². The Morgan fingerprint density at radius 1 is 1.10 bits per heavy atom. The summed E-state index contributed by atoms with van der Waals surface area (Å²) in [6, 6.07) is 9.35. The number of phenols is 1. The van der Waals surface area contributed by atoms with E-state index < -0.39 is 0 Å². The van der Waals surface area contributed by atoms with Crippen LogP contribution in [-0.4, -0.2) is 12.2 Å². The topological polar surface area (TPSA) is 41.5 Å². The Bertz CT molecular complexity index is 638. The summed E-state index contributed by atoms with van der Waals surface area (Å²) >= 11 is 10.6. The number of hydrogen-bond donors (Lipinski definition) is 2. The Labute approximate surface area is 149 Å². The molecule has 2 aromatic rings. The van der Waals surface area contributed by atoms with Gasteiger partial charge in [-0.1, -0.05) is 22.0 Å². The smallest absolute Gasteiger partial charge is 0.160 e. The summed E-state index contributed by atoms with van der Waals surface area (Å²) < 4.78 is 8.06. The quantitative estimate of drug-likeness (QED) is 0.577. The summed E-state index contributed by atoms with van der Waals surface area (Å²) in [4.78, 5) is 0. The van der Waals surface area contributed by atoms with Crippen LogP contribution in [-0.2, 0) is 0 Å². The van der Waals surface area contributed by atoms with E-state index in [1.807, 2.05) is 31.2 Å². The molecule has 3 nitrogen and oxygen atoms in total. The predicted molar refractivity (Wildman–Crippen MR) is 96.2 cm³/mol. The van der Waals surface area contributed by atoms with Crippen molar-refractivity contribution in [2.24, 2.45) is 0 Å². The first-order chi connectivity index (χ1) is 9.92. The third-order valence-electron chi connectivity index (χ3n) is 3.07. The first kappa shape index (κ1) is 16.6. The summed E-state index contributed by atoms with van der Waals surface area (Å²) in [6.07, 6.45) is 0. The maximum absolute atomic E-state index is 9.66. The summed E-state index contributed by atoms with van der Waals surface area (Å²) in [5.74, 6) is 0.606. The first-order valence-electron chi connectivity index (χ1n) is 6.20. The monoisotopic (exact) mass is 477 g/mol. The lowest BCUT2D eigenvalue weighted by atomic mass is 10.1. The van der Waals surface area contributed by atoms with E-state index in [0.717, 1.165) is 24.7 Å². The lowest BCUT2D eigenvalue weighted by molar-refractivity contribution is 0.373. The first-order valence-corrected chi connectivity index (χ1v) is 8.58. The van der Waals surface area contributed by atoms with E-state index in [9.17, 15) is 5.11 Å². The average molecular weight is 480 g/mol. The molecule has 0 spiro atoms. The van der Waals surface area contributed by atoms with Gasteiger partial charge in [-0.2, -0.15) is 0 Å². The lowest BCUT2D eigenvalue weighted by Crippen LogP contribution is -2.08. The van der Waals surface area contributed by atoms with Crippen LogP contribution in [0, 0.1) is 0 Å². The number of phenolic OH excluding ortho intramolecular Hbond substituents is 1. The van der Waals surface area contributed by atoms with E-state index >= 15 is 0 Å². The van der Waals surface area contributed by atoms with E-state index in [0.29, 0.717) is 5.75 Å². The van der Waals surface area contributed by atoms with Crippen LogP contribution in [0.2, 0.25) is 0 Å². The van der Waals surface area contributed by atoms with Crippen molar-refractivity contribution in [2.45, 2.75) is 13.0 Å². The second kappa shape index (κ2) is 7.03. The van der Waals surface area contributed by atoms with Gasteiger partial charge in [0.1, 0.15) is 0 Å². The number of ether oxygens (including phenoxy) is 1. The van der Waals surface area contributed by atoms with Crippen molar-refractivity contribution >= 4 is 53.5 Å². The Morgan fingerprint density at radius 2 is 1.71 bits per heavy atom. The van der Waals surface area contributed by atoms with Gasteiger partial charge in [-0.25, -0.2) is 0 Å². The molecule has 0 aliphatic rings. The standard InChI is InChI=1S/C15H14Br3NO2/c1-8(9-3-4-13(20)14(5-9)21-2)19-15-11(17)6-10(16)7-12(15)18/h3-8,19-20H,1-2H3. The molecule has 0 saturated carbocycles. The maximum atomic E-state index is 9.66. The molecule has 0 saturated heterocycles. The molecule has 0 fully saturated rings. The molecule has 6 heteroatoms. The lowest BCUT2D eigenvalue weighted by Gasteiger charge is -2.19. The van der Waals surface area contributed by atoms with Gasteiger partial charge in [0.25, 0.3) is 0 Å². The highest BCUT2D eigenvalue weighted by atomic mass is 79.9. The van der Waals surface area contributed by atoms with E-state index in [1.54, 1.807) is 13.2 Å². The van der Waals surface area contributed by atoms with Gasteiger partial charge in [0.05, 0.1) is 12.8 Å². The molecule has 0 aliphatic heterocycles. The molecule has 0 aliphatic carbocycles. The zero-order valence-electron chi connectivity index (χ0n) is 11.5. The van der Waals surface area contributed by atoms with Crippen molar-refractivity contribution in [2.75, 3.05) is 12.4 Å². The van der Waals surface area contributed by atoms with E-state index in [1.165, 1.54) is 0 Å². The highest BCUT2D eigenvalue weighted by Gasteiger charge is 2.13. The molecule has 1 unspecified atom stereocenters. The number of benzene rings is 2.